The number of rotatable bonds is 5. The summed E-state index contributed by atoms with van der Waals surface area (Å²) < 4.78 is 0. The molecule has 0 unspecified atom stereocenters. The lowest BCUT2D eigenvalue weighted by molar-refractivity contribution is -0.142. The summed E-state index contributed by atoms with van der Waals surface area (Å²) in [6.07, 6.45) is 4.59. The summed E-state index contributed by atoms with van der Waals surface area (Å²) >= 11 is 6.02. The molecule has 3 heterocycles. The van der Waals surface area contributed by atoms with Gasteiger partial charge in [-0.2, -0.15) is 0 Å². The first kappa shape index (κ1) is 18.3. The molecule has 2 fully saturated rings. The monoisotopic (exact) mass is 385 g/mol. The number of carbonyl (C=O) groups is 1. The van der Waals surface area contributed by atoms with Gasteiger partial charge in [-0.25, -0.2) is 4.98 Å². The molecule has 2 aromatic rings. The van der Waals surface area contributed by atoms with Crippen molar-refractivity contribution in [2.24, 2.45) is 5.41 Å². The number of halogens is 1. The third-order valence-corrected chi connectivity index (χ3v) is 5.86. The van der Waals surface area contributed by atoms with Crippen LogP contribution in [0.15, 0.2) is 42.6 Å². The van der Waals surface area contributed by atoms with Gasteiger partial charge in [0.05, 0.1) is 12.0 Å². The van der Waals surface area contributed by atoms with E-state index in [0.29, 0.717) is 24.5 Å². The molecule has 0 spiro atoms. The Hall–Kier alpha value is -2.11. The normalized spacial score (nSPS) is 18.4. The number of aromatic nitrogens is 1. The van der Waals surface area contributed by atoms with Crippen LogP contribution in [-0.2, 0) is 17.8 Å². The second-order valence-corrected chi connectivity index (χ2v) is 8.06. The Morgan fingerprint density at radius 2 is 1.81 bits per heavy atom. The second-order valence-electron chi connectivity index (χ2n) is 7.62. The molecule has 0 bridgehead atoms. The highest BCUT2D eigenvalue weighted by molar-refractivity contribution is 6.30. The van der Waals surface area contributed by atoms with E-state index in [9.17, 15) is 9.90 Å². The van der Waals surface area contributed by atoms with Gasteiger partial charge in [0.1, 0.15) is 5.82 Å². The average Bonchev–Trinajstić information content (AvgIpc) is 3.20. The van der Waals surface area contributed by atoms with Gasteiger partial charge in [-0.05, 0) is 54.7 Å². The van der Waals surface area contributed by atoms with Crippen LogP contribution in [0.5, 0.6) is 0 Å². The summed E-state index contributed by atoms with van der Waals surface area (Å²) in [5, 5.41) is 10.1. The Morgan fingerprint density at radius 1 is 1.11 bits per heavy atom. The molecule has 4 rings (SSSR count). The van der Waals surface area contributed by atoms with E-state index in [2.05, 4.69) is 9.88 Å². The molecule has 2 aliphatic heterocycles. The SMILES string of the molecule is O=C(N1CCCC1)C1(Cc2ccc(Cl)cc2)CN(c2cc(CO)ccn2)C1. The van der Waals surface area contributed by atoms with E-state index >= 15 is 0 Å². The zero-order valence-corrected chi connectivity index (χ0v) is 16.0. The Morgan fingerprint density at radius 3 is 2.48 bits per heavy atom. The van der Waals surface area contributed by atoms with Crippen molar-refractivity contribution in [1.82, 2.24) is 9.88 Å². The third kappa shape index (κ3) is 3.66. The van der Waals surface area contributed by atoms with Crippen molar-refractivity contribution >= 4 is 23.3 Å². The molecule has 0 radical (unpaired) electrons. The minimum atomic E-state index is -0.422. The van der Waals surface area contributed by atoms with Crippen LogP contribution in [0.2, 0.25) is 5.02 Å². The highest BCUT2D eigenvalue weighted by Crippen LogP contribution is 2.39. The zero-order chi connectivity index (χ0) is 18.9. The molecule has 2 aliphatic rings. The third-order valence-electron chi connectivity index (χ3n) is 5.61. The first-order valence-corrected chi connectivity index (χ1v) is 9.82. The number of aliphatic hydroxyl groups excluding tert-OH is 1. The Balaban J connectivity index is 1.56. The van der Waals surface area contributed by atoms with E-state index < -0.39 is 5.41 Å². The van der Waals surface area contributed by atoms with Crippen LogP contribution in [0.25, 0.3) is 0 Å². The average molecular weight is 386 g/mol. The fourth-order valence-corrected chi connectivity index (χ4v) is 4.28. The van der Waals surface area contributed by atoms with Crippen molar-refractivity contribution in [2.75, 3.05) is 31.1 Å². The highest BCUT2D eigenvalue weighted by Gasteiger charge is 2.51. The smallest absolute Gasteiger partial charge is 0.232 e. The molecule has 2 saturated heterocycles. The second kappa shape index (κ2) is 7.49. The zero-order valence-electron chi connectivity index (χ0n) is 15.3. The van der Waals surface area contributed by atoms with Crippen LogP contribution < -0.4 is 4.90 Å². The summed E-state index contributed by atoms with van der Waals surface area (Å²) in [4.78, 5) is 21.9. The van der Waals surface area contributed by atoms with Gasteiger partial charge in [0.25, 0.3) is 0 Å². The summed E-state index contributed by atoms with van der Waals surface area (Å²) in [5.41, 5.74) is 1.54. The molecule has 1 aromatic carbocycles. The predicted molar refractivity (Wildman–Crippen MR) is 106 cm³/mol. The van der Waals surface area contributed by atoms with Gasteiger partial charge in [0, 0.05) is 37.4 Å². The summed E-state index contributed by atoms with van der Waals surface area (Å²) in [6, 6.07) is 11.5. The van der Waals surface area contributed by atoms with Crippen LogP contribution in [0.4, 0.5) is 5.82 Å². The fraction of sp³-hybridized carbons (Fsp3) is 0.429. The summed E-state index contributed by atoms with van der Waals surface area (Å²) in [7, 11) is 0. The first-order valence-electron chi connectivity index (χ1n) is 9.44. The predicted octanol–water partition coefficient (Wildman–Crippen LogP) is 2.90. The molecule has 0 saturated carbocycles. The number of nitrogens with zero attached hydrogens (tertiary/aromatic N) is 3. The van der Waals surface area contributed by atoms with E-state index in [4.69, 9.17) is 11.6 Å². The van der Waals surface area contributed by atoms with Crippen molar-refractivity contribution in [2.45, 2.75) is 25.9 Å². The Kier molecular flexibility index (Phi) is 5.06. The Bertz CT molecular complexity index is 812. The van der Waals surface area contributed by atoms with Crippen LogP contribution in [0.1, 0.15) is 24.0 Å². The van der Waals surface area contributed by atoms with Crippen molar-refractivity contribution in [3.8, 4) is 0 Å². The lowest BCUT2D eigenvalue weighted by atomic mass is 9.73. The molecular weight excluding hydrogens is 362 g/mol. The lowest BCUT2D eigenvalue weighted by Crippen LogP contribution is -2.65. The maximum atomic E-state index is 13.3. The first-order chi connectivity index (χ1) is 13.1. The standard InChI is InChI=1S/C21H24ClN3O2/c22-18-5-3-16(4-6-18)12-21(20(27)24-9-1-2-10-24)14-25(15-21)19-11-17(13-26)7-8-23-19/h3-8,11,26H,1-2,9-10,12-15H2. The fourth-order valence-electron chi connectivity index (χ4n) is 4.15. The van der Waals surface area contributed by atoms with Crippen LogP contribution in [-0.4, -0.2) is 47.1 Å². The van der Waals surface area contributed by atoms with Crippen molar-refractivity contribution in [1.29, 1.82) is 0 Å². The van der Waals surface area contributed by atoms with Crippen molar-refractivity contribution in [3.05, 3.63) is 58.7 Å². The maximum absolute atomic E-state index is 13.3. The van der Waals surface area contributed by atoms with E-state index in [1.165, 1.54) is 0 Å². The summed E-state index contributed by atoms with van der Waals surface area (Å²) in [5.74, 6) is 1.08. The largest absolute Gasteiger partial charge is 0.392 e. The van der Waals surface area contributed by atoms with Gasteiger partial charge in [0.2, 0.25) is 5.91 Å². The van der Waals surface area contributed by atoms with Crippen LogP contribution >= 0.6 is 11.6 Å². The molecular formula is C21H24ClN3O2. The molecule has 1 amide bonds. The molecule has 5 nitrogen and oxygen atoms in total. The Labute approximate surface area is 164 Å². The molecule has 1 aromatic heterocycles. The van der Waals surface area contributed by atoms with E-state index in [0.717, 1.165) is 42.9 Å². The summed E-state index contributed by atoms with van der Waals surface area (Å²) in [6.45, 7) is 3.00. The van der Waals surface area contributed by atoms with Gasteiger partial charge in [-0.1, -0.05) is 23.7 Å². The number of pyridine rings is 1. The number of aliphatic hydroxyl groups is 1. The number of hydrogen-bond acceptors (Lipinski definition) is 4. The lowest BCUT2D eigenvalue weighted by Gasteiger charge is -2.51. The van der Waals surface area contributed by atoms with Gasteiger partial charge in [-0.15, -0.1) is 0 Å². The van der Waals surface area contributed by atoms with Crippen molar-refractivity contribution in [3.63, 3.8) is 0 Å². The van der Waals surface area contributed by atoms with Gasteiger partial charge in [0.15, 0.2) is 0 Å². The molecule has 0 aliphatic carbocycles. The molecule has 0 atom stereocenters. The number of carbonyl (C=O) groups excluding carboxylic acids is 1. The number of amides is 1. The van der Waals surface area contributed by atoms with Gasteiger partial charge >= 0.3 is 0 Å². The number of anilines is 1. The van der Waals surface area contributed by atoms with Gasteiger partial charge < -0.3 is 14.9 Å². The molecule has 1 N–H and O–H groups in total. The molecule has 142 valence electrons. The molecule has 6 heteroatoms. The van der Waals surface area contributed by atoms with E-state index in [-0.39, 0.29) is 12.5 Å². The minimum absolute atomic E-state index is 0.00795. The number of hydrogen-bond donors (Lipinski definition) is 1. The van der Waals surface area contributed by atoms with Crippen LogP contribution in [0, 0.1) is 5.41 Å². The van der Waals surface area contributed by atoms with Crippen LogP contribution in [0.3, 0.4) is 0 Å². The highest BCUT2D eigenvalue weighted by atomic mass is 35.5. The number of benzene rings is 1. The molecule has 27 heavy (non-hydrogen) atoms. The van der Waals surface area contributed by atoms with Crippen molar-refractivity contribution < 1.29 is 9.90 Å². The number of likely N-dealkylation sites (tertiary alicyclic amines) is 1. The van der Waals surface area contributed by atoms with Gasteiger partial charge in [-0.3, -0.25) is 4.79 Å². The quantitative estimate of drug-likeness (QED) is 0.859. The topological polar surface area (TPSA) is 56.7 Å². The van der Waals surface area contributed by atoms with E-state index in [1.807, 2.05) is 35.2 Å². The maximum Gasteiger partial charge on any atom is 0.232 e. The minimum Gasteiger partial charge on any atom is -0.392 e. The van der Waals surface area contributed by atoms with E-state index in [1.54, 1.807) is 12.3 Å².